The molecule has 0 saturated carbocycles. The molecule has 1 unspecified atom stereocenters. The fourth-order valence-electron chi connectivity index (χ4n) is 1.96. The van der Waals surface area contributed by atoms with Crippen molar-refractivity contribution in [1.29, 1.82) is 0 Å². The van der Waals surface area contributed by atoms with Crippen molar-refractivity contribution in [3.8, 4) is 5.75 Å². The SMILES string of the molecule is CCCCCC(C)NC(=S)Nc1ccc(OCC)cc1. The lowest BCUT2D eigenvalue weighted by Crippen LogP contribution is -2.35. The highest BCUT2D eigenvalue weighted by Gasteiger charge is 2.04. The zero-order chi connectivity index (χ0) is 14.8. The average Bonchev–Trinajstić information content (AvgIpc) is 2.41. The van der Waals surface area contributed by atoms with Gasteiger partial charge in [0.2, 0.25) is 0 Å². The number of ether oxygens (including phenoxy) is 1. The predicted octanol–water partition coefficient (Wildman–Crippen LogP) is 4.34. The Morgan fingerprint density at radius 1 is 1.20 bits per heavy atom. The van der Waals surface area contributed by atoms with E-state index in [1.807, 2.05) is 31.2 Å². The maximum absolute atomic E-state index is 5.41. The molecule has 0 radical (unpaired) electrons. The number of anilines is 1. The summed E-state index contributed by atoms with van der Waals surface area (Å²) >= 11 is 5.32. The van der Waals surface area contributed by atoms with Crippen LogP contribution in [0.15, 0.2) is 24.3 Å². The van der Waals surface area contributed by atoms with Crippen molar-refractivity contribution in [3.05, 3.63) is 24.3 Å². The molecule has 1 aromatic carbocycles. The lowest BCUT2D eigenvalue weighted by Gasteiger charge is -2.17. The maximum atomic E-state index is 5.41. The van der Waals surface area contributed by atoms with E-state index in [9.17, 15) is 0 Å². The molecule has 0 heterocycles. The van der Waals surface area contributed by atoms with Crippen LogP contribution in [0.5, 0.6) is 5.75 Å². The predicted molar refractivity (Wildman–Crippen MR) is 90.6 cm³/mol. The van der Waals surface area contributed by atoms with E-state index in [2.05, 4.69) is 24.5 Å². The van der Waals surface area contributed by atoms with Gasteiger partial charge in [-0.1, -0.05) is 26.2 Å². The van der Waals surface area contributed by atoms with E-state index in [-0.39, 0.29) is 0 Å². The Morgan fingerprint density at radius 3 is 2.50 bits per heavy atom. The summed E-state index contributed by atoms with van der Waals surface area (Å²) in [5.41, 5.74) is 0.978. The van der Waals surface area contributed by atoms with Crippen LogP contribution in [0.25, 0.3) is 0 Å². The Labute approximate surface area is 128 Å². The highest BCUT2D eigenvalue weighted by molar-refractivity contribution is 7.80. The molecule has 0 aromatic heterocycles. The second-order valence-corrected chi connectivity index (χ2v) is 5.36. The number of rotatable bonds is 8. The minimum atomic E-state index is 0.407. The first kappa shape index (κ1) is 16.8. The first-order valence-corrected chi connectivity index (χ1v) is 7.87. The topological polar surface area (TPSA) is 33.3 Å². The Balaban J connectivity index is 2.34. The monoisotopic (exact) mass is 294 g/mol. The first-order valence-electron chi connectivity index (χ1n) is 7.46. The number of hydrogen-bond acceptors (Lipinski definition) is 2. The fraction of sp³-hybridized carbons (Fsp3) is 0.562. The van der Waals surface area contributed by atoms with E-state index < -0.39 is 0 Å². The molecule has 0 aliphatic rings. The van der Waals surface area contributed by atoms with Crippen molar-refractivity contribution in [2.75, 3.05) is 11.9 Å². The number of hydrogen-bond donors (Lipinski definition) is 2. The Hall–Kier alpha value is -1.29. The van der Waals surface area contributed by atoms with Gasteiger partial charge >= 0.3 is 0 Å². The van der Waals surface area contributed by atoms with Crippen LogP contribution in [-0.4, -0.2) is 17.8 Å². The van der Waals surface area contributed by atoms with Gasteiger partial charge in [-0.3, -0.25) is 0 Å². The van der Waals surface area contributed by atoms with Crippen molar-refractivity contribution in [2.45, 2.75) is 52.5 Å². The molecule has 112 valence electrons. The van der Waals surface area contributed by atoms with Crippen molar-refractivity contribution >= 4 is 23.0 Å². The van der Waals surface area contributed by atoms with Crippen LogP contribution in [0.4, 0.5) is 5.69 Å². The van der Waals surface area contributed by atoms with Crippen LogP contribution >= 0.6 is 12.2 Å². The van der Waals surface area contributed by atoms with Crippen molar-refractivity contribution in [3.63, 3.8) is 0 Å². The van der Waals surface area contributed by atoms with Crippen LogP contribution in [-0.2, 0) is 0 Å². The van der Waals surface area contributed by atoms with Gasteiger partial charge in [0.25, 0.3) is 0 Å². The normalized spacial score (nSPS) is 11.8. The van der Waals surface area contributed by atoms with Crippen molar-refractivity contribution in [2.24, 2.45) is 0 Å². The van der Waals surface area contributed by atoms with E-state index in [1.165, 1.54) is 19.3 Å². The van der Waals surface area contributed by atoms with Crippen molar-refractivity contribution in [1.82, 2.24) is 5.32 Å². The Bertz CT molecular complexity index is 392. The average molecular weight is 294 g/mol. The highest BCUT2D eigenvalue weighted by atomic mass is 32.1. The molecule has 20 heavy (non-hydrogen) atoms. The molecule has 0 bridgehead atoms. The molecular weight excluding hydrogens is 268 g/mol. The van der Waals surface area contributed by atoms with Gasteiger partial charge in [0.05, 0.1) is 6.61 Å². The summed E-state index contributed by atoms with van der Waals surface area (Å²) in [5, 5.41) is 7.19. The van der Waals surface area contributed by atoms with Gasteiger partial charge in [0, 0.05) is 11.7 Å². The minimum absolute atomic E-state index is 0.407. The summed E-state index contributed by atoms with van der Waals surface area (Å²) in [7, 11) is 0. The lowest BCUT2D eigenvalue weighted by atomic mass is 10.1. The maximum Gasteiger partial charge on any atom is 0.170 e. The molecule has 3 nitrogen and oxygen atoms in total. The van der Waals surface area contributed by atoms with Crippen molar-refractivity contribution < 1.29 is 4.74 Å². The van der Waals surface area contributed by atoms with Crippen LogP contribution in [0.2, 0.25) is 0 Å². The van der Waals surface area contributed by atoms with Crippen LogP contribution in [0, 0.1) is 0 Å². The third-order valence-electron chi connectivity index (χ3n) is 3.04. The molecule has 1 rings (SSSR count). The zero-order valence-corrected chi connectivity index (χ0v) is 13.6. The molecule has 1 atom stereocenters. The Kier molecular flexibility index (Phi) is 8.04. The summed E-state index contributed by atoms with van der Waals surface area (Å²) in [5.74, 6) is 0.880. The fourth-order valence-corrected chi connectivity index (χ4v) is 2.28. The van der Waals surface area contributed by atoms with Gasteiger partial charge in [-0.15, -0.1) is 0 Å². The van der Waals surface area contributed by atoms with E-state index >= 15 is 0 Å². The number of benzene rings is 1. The lowest BCUT2D eigenvalue weighted by molar-refractivity contribution is 0.340. The molecule has 0 aliphatic heterocycles. The summed E-state index contributed by atoms with van der Waals surface area (Å²) in [6.07, 6.45) is 4.93. The quantitative estimate of drug-likeness (QED) is 0.552. The number of nitrogens with one attached hydrogen (secondary N) is 2. The molecule has 0 spiro atoms. The molecule has 1 aromatic rings. The standard InChI is InChI=1S/C16H26N2OS/c1-4-6-7-8-13(3)17-16(20)18-14-9-11-15(12-10-14)19-5-2/h9-13H,4-8H2,1-3H3,(H2,17,18,20). The van der Waals surface area contributed by atoms with Gasteiger partial charge in [-0.25, -0.2) is 0 Å². The number of unbranched alkanes of at least 4 members (excludes halogenated alkanes) is 2. The molecule has 0 aliphatic carbocycles. The molecule has 0 amide bonds. The molecule has 0 fully saturated rings. The number of thiocarbonyl (C=S) groups is 1. The Morgan fingerprint density at radius 2 is 1.90 bits per heavy atom. The van der Waals surface area contributed by atoms with Gasteiger partial charge in [-0.05, 0) is 56.8 Å². The summed E-state index contributed by atoms with van der Waals surface area (Å²) in [4.78, 5) is 0. The summed E-state index contributed by atoms with van der Waals surface area (Å²) in [6.45, 7) is 7.05. The third-order valence-corrected chi connectivity index (χ3v) is 3.26. The molecule has 0 saturated heterocycles. The summed E-state index contributed by atoms with van der Waals surface area (Å²) in [6, 6.07) is 8.24. The van der Waals surface area contributed by atoms with Gasteiger partial charge in [-0.2, -0.15) is 0 Å². The largest absolute Gasteiger partial charge is 0.494 e. The summed E-state index contributed by atoms with van der Waals surface area (Å²) < 4.78 is 5.41. The van der Waals surface area contributed by atoms with E-state index in [1.54, 1.807) is 0 Å². The van der Waals surface area contributed by atoms with Gasteiger partial charge in [0.1, 0.15) is 5.75 Å². The molecular formula is C16H26N2OS. The van der Waals surface area contributed by atoms with Crippen LogP contribution in [0.3, 0.4) is 0 Å². The zero-order valence-electron chi connectivity index (χ0n) is 12.7. The van der Waals surface area contributed by atoms with E-state index in [0.717, 1.165) is 17.9 Å². The van der Waals surface area contributed by atoms with E-state index in [0.29, 0.717) is 17.8 Å². The second-order valence-electron chi connectivity index (χ2n) is 4.95. The highest BCUT2D eigenvalue weighted by Crippen LogP contribution is 2.15. The smallest absolute Gasteiger partial charge is 0.170 e. The molecule has 4 heteroatoms. The van der Waals surface area contributed by atoms with E-state index in [4.69, 9.17) is 17.0 Å². The third kappa shape index (κ3) is 6.75. The van der Waals surface area contributed by atoms with Gasteiger partial charge < -0.3 is 15.4 Å². The first-order chi connectivity index (χ1) is 9.65. The van der Waals surface area contributed by atoms with Crippen LogP contribution in [0.1, 0.15) is 46.5 Å². The second kappa shape index (κ2) is 9.59. The minimum Gasteiger partial charge on any atom is -0.494 e. The molecule has 2 N–H and O–H groups in total. The van der Waals surface area contributed by atoms with Crippen LogP contribution < -0.4 is 15.4 Å². The van der Waals surface area contributed by atoms with Gasteiger partial charge in [0.15, 0.2) is 5.11 Å².